The Bertz CT molecular complexity index is 3360. The summed E-state index contributed by atoms with van der Waals surface area (Å²) in [6, 6.07) is 17.2. The van der Waals surface area contributed by atoms with Crippen molar-refractivity contribution in [2.45, 2.75) is 140 Å². The Morgan fingerprint density at radius 3 is 1.13 bits per heavy atom. The van der Waals surface area contributed by atoms with Gasteiger partial charge in [-0.3, -0.25) is 0 Å². The molecule has 0 radical (unpaired) electrons. The predicted molar refractivity (Wildman–Crippen MR) is 344 cm³/mol. The van der Waals surface area contributed by atoms with Crippen molar-refractivity contribution in [2.75, 3.05) is 32.8 Å². The average Bonchev–Trinajstić information content (AvgIpc) is 1.72. The van der Waals surface area contributed by atoms with Gasteiger partial charge in [-0.1, -0.05) is 44.5 Å². The number of tetrazole rings is 3. The second-order valence-corrected chi connectivity index (χ2v) is 24.6. The third-order valence-corrected chi connectivity index (χ3v) is 15.5. The number of ether oxygens (including phenoxy) is 3. The predicted octanol–water partition coefficient (Wildman–Crippen LogP) is 9.68. The van der Waals surface area contributed by atoms with E-state index < -0.39 is 28.6 Å². The molecule has 0 aliphatic heterocycles. The third kappa shape index (κ3) is 22.7. The average molecular weight is 1450 g/mol. The van der Waals surface area contributed by atoms with Crippen molar-refractivity contribution in [3.05, 3.63) is 163 Å². The van der Waals surface area contributed by atoms with Crippen molar-refractivity contribution in [1.29, 1.82) is 0 Å². The highest BCUT2D eigenvalue weighted by Crippen LogP contribution is 2.45. The van der Waals surface area contributed by atoms with Crippen LogP contribution in [0.15, 0.2) is 84.1 Å². The zero-order chi connectivity index (χ0) is 67.2. The van der Waals surface area contributed by atoms with Gasteiger partial charge in [0.05, 0.1) is 47.2 Å². The zero-order valence-corrected chi connectivity index (χ0v) is 54.6. The number of aliphatic hydroxyl groups is 3. The minimum absolute atomic E-state index is 0. The lowest BCUT2D eigenvalue weighted by molar-refractivity contribution is -0.252. The molecule has 0 bridgehead atoms. The molecule has 0 atom stereocenters. The molecular weight excluding hydrogens is 1370 g/mol. The minimum atomic E-state index is -1.67. The first-order valence-corrected chi connectivity index (χ1v) is 32.6. The van der Waals surface area contributed by atoms with Crippen molar-refractivity contribution < 1.29 is 65.7 Å². The fourth-order valence-electron chi connectivity index (χ4n) is 8.92. The Kier molecular flexibility index (Phi) is 31.9. The van der Waals surface area contributed by atoms with Crippen LogP contribution >= 0.6 is 48.9 Å². The summed E-state index contributed by atoms with van der Waals surface area (Å²) in [5.74, 6) is 0.155. The molecule has 35 heteroatoms. The number of rotatable bonds is 16. The van der Waals surface area contributed by atoms with Gasteiger partial charge < -0.3 is 56.8 Å². The molecule has 3 heterocycles. The molecule has 5 aliphatic carbocycles. The molecule has 11 N–H and O–H groups in total. The summed E-state index contributed by atoms with van der Waals surface area (Å²) in [5, 5.41) is 75.8. The normalized spacial score (nSPS) is 14.3. The van der Waals surface area contributed by atoms with E-state index in [1.807, 2.05) is 18.2 Å². The summed E-state index contributed by atoms with van der Waals surface area (Å²) in [4.78, 5) is 0. The van der Waals surface area contributed by atoms with Crippen LogP contribution in [0.1, 0.15) is 145 Å². The van der Waals surface area contributed by atoms with Crippen molar-refractivity contribution in [3.8, 4) is 17.1 Å². The Balaban J connectivity index is 0.000000199. The van der Waals surface area contributed by atoms with Crippen LogP contribution in [-0.4, -0.2) is 125 Å². The van der Waals surface area contributed by atoms with E-state index in [2.05, 4.69) is 98.1 Å². The lowest BCUT2D eigenvalue weighted by Gasteiger charge is -2.11. The molecular formula is C58H73BBrCl3F5N15O9S. The molecule has 93 heavy (non-hydrogen) atoms. The van der Waals surface area contributed by atoms with E-state index in [1.54, 1.807) is 36.4 Å². The molecule has 5 aromatic carbocycles. The molecule has 506 valence electrons. The monoisotopic (exact) mass is 1450 g/mol. The summed E-state index contributed by atoms with van der Waals surface area (Å²) in [7, 11) is 10.9. The summed E-state index contributed by atoms with van der Waals surface area (Å²) in [5.41, 5.74) is 23.3. The summed E-state index contributed by atoms with van der Waals surface area (Å²) >= 11 is 8.81. The number of anilines is 2. The number of benzene rings is 5. The molecule has 24 nitrogen and oxygen atoms in total. The second kappa shape index (κ2) is 38.3. The highest BCUT2D eigenvalue weighted by molar-refractivity contribution is 9.10. The molecule has 0 spiro atoms. The SMILES string of the molecule is C.COC(OC)OC.Fc1c(C2CC2)ccc(-n2cnnn2)c1CCl.NCc1c(-n2cnnn2)ccc(C2CC2)c1F.Nc1ccc(Br)c(F)c1CO.Nc1ccc(C2CC2)c(F)c1CO.O=S(Cl)Cl.OB(O)C1CC1.OCc1c(-n2cnnn2)ccc(C2CC2)c1F. The molecule has 3 aromatic heterocycles. The largest absolute Gasteiger partial charge is 0.454 e. The molecule has 5 fully saturated rings. The fourth-order valence-corrected chi connectivity index (χ4v) is 9.55. The van der Waals surface area contributed by atoms with Gasteiger partial charge in [-0.05, 0) is 187 Å². The lowest BCUT2D eigenvalue weighted by atomic mass is 9.84. The maximum Gasteiger partial charge on any atom is 0.454 e. The van der Waals surface area contributed by atoms with Crippen LogP contribution in [0.3, 0.4) is 0 Å². The minimum Gasteiger partial charge on any atom is -0.427 e. The quantitative estimate of drug-likeness (QED) is 0.0111. The molecule has 8 aromatic rings. The molecule has 0 unspecified atom stereocenters. The highest BCUT2D eigenvalue weighted by atomic mass is 79.9. The number of hydrogen-bond donors (Lipinski definition) is 8. The number of alkyl halides is 1. The van der Waals surface area contributed by atoms with Gasteiger partial charge in [-0.25, -0.2) is 40.2 Å². The standard InChI is InChI=1S/C11H10ClFN4.C11H12FN5.C11H11FN4O.C10H12FNO.C7H7BrFNO.C4H10O3.C3H7BO2.CH4.Cl2OS/c12-5-9-10(17-6-14-15-16-17)4-3-8(11(9)13)7-1-2-7;12-11-8(7-1-2-7)3-4-10(9(11)5-13)17-6-14-15-16-17;12-11-8(7-1-2-7)3-4-10(9(11)5-17)16-6-13-14-15-16;11-10-7(6-1-2-6)3-4-9(12)8(10)5-13;8-5-1-2-6(10)4(3-11)7(5)9;1-5-4(6-2)7-3;5-4(6)3-1-2-3;;1-4(2)3/h3-4,6-7H,1-2,5H2;3-4,6-7H,1-2,5,13H2;3-4,6-7,17H,1-2,5H2;3-4,6,13H,1-2,5,12H2;1-2,11H,3,10H2;4H,1-3H3;3,5-6H,1-2H2;1H4;. The Labute approximate surface area is 558 Å². The van der Waals surface area contributed by atoms with E-state index in [0.29, 0.717) is 73.1 Å². The van der Waals surface area contributed by atoms with Gasteiger partial charge in [0.2, 0.25) is 9.23 Å². The second-order valence-electron chi connectivity index (χ2n) is 21.0. The number of halogens is 9. The summed E-state index contributed by atoms with van der Waals surface area (Å²) in [6.07, 6.45) is 14.6. The molecule has 13 rings (SSSR count). The highest BCUT2D eigenvalue weighted by Gasteiger charge is 2.34. The number of aromatic nitrogens is 12. The van der Waals surface area contributed by atoms with E-state index in [-0.39, 0.29) is 91.1 Å². The van der Waals surface area contributed by atoms with Crippen LogP contribution in [0.5, 0.6) is 0 Å². The van der Waals surface area contributed by atoms with Gasteiger partial charge in [0.1, 0.15) is 48.1 Å². The number of nitrogens with zero attached hydrogens (tertiary/aromatic N) is 12. The smallest absolute Gasteiger partial charge is 0.427 e. The Morgan fingerprint density at radius 2 is 0.860 bits per heavy atom. The van der Waals surface area contributed by atoms with Crippen LogP contribution in [0.4, 0.5) is 33.3 Å². The maximum absolute atomic E-state index is 14.3. The van der Waals surface area contributed by atoms with Crippen LogP contribution < -0.4 is 17.2 Å². The summed E-state index contributed by atoms with van der Waals surface area (Å²) < 4.78 is 96.7. The van der Waals surface area contributed by atoms with Crippen molar-refractivity contribution in [2.24, 2.45) is 5.73 Å². The van der Waals surface area contributed by atoms with Gasteiger partial charge in [0.15, 0.2) is 0 Å². The zero-order valence-electron chi connectivity index (χ0n) is 49.9. The lowest BCUT2D eigenvalue weighted by Crippen LogP contribution is -2.14. The van der Waals surface area contributed by atoms with E-state index in [0.717, 1.165) is 75.3 Å². The number of hydrogen-bond acceptors (Lipinski definition) is 21. The molecule has 0 amide bonds. The van der Waals surface area contributed by atoms with Gasteiger partial charge in [-0.15, -0.1) is 26.9 Å². The van der Waals surface area contributed by atoms with Crippen LogP contribution in [0.2, 0.25) is 5.82 Å². The van der Waals surface area contributed by atoms with Gasteiger partial charge in [-0.2, -0.15) is 0 Å². The van der Waals surface area contributed by atoms with Gasteiger partial charge in [0, 0.05) is 88.4 Å². The topological polar surface area (TPSA) is 355 Å². The van der Waals surface area contributed by atoms with Crippen LogP contribution in [-0.2, 0) is 55.7 Å². The number of aliphatic hydroxyl groups excluding tert-OH is 3. The van der Waals surface area contributed by atoms with Crippen LogP contribution in [0.25, 0.3) is 17.1 Å². The van der Waals surface area contributed by atoms with Crippen LogP contribution in [0, 0.1) is 29.1 Å². The molecule has 5 saturated carbocycles. The third-order valence-electron chi connectivity index (χ3n) is 14.6. The van der Waals surface area contributed by atoms with Gasteiger partial charge >= 0.3 is 7.12 Å². The number of nitrogens with two attached hydrogens (primary N) is 3. The van der Waals surface area contributed by atoms with Crippen molar-refractivity contribution >= 4 is 76.6 Å². The maximum atomic E-state index is 14.3. The number of methoxy groups -OCH3 is 3. The van der Waals surface area contributed by atoms with E-state index in [4.69, 9.17) is 53.3 Å². The van der Waals surface area contributed by atoms with E-state index in [1.165, 1.54) is 60.4 Å². The van der Waals surface area contributed by atoms with Crippen molar-refractivity contribution in [1.82, 2.24) is 60.6 Å². The Morgan fingerprint density at radius 1 is 0.548 bits per heavy atom. The first kappa shape index (κ1) is 77.5. The molecule has 5 aliphatic rings. The van der Waals surface area contributed by atoms with Crippen molar-refractivity contribution in [3.63, 3.8) is 0 Å². The molecule has 0 saturated heterocycles. The summed E-state index contributed by atoms with van der Waals surface area (Å²) in [6.45, 7) is -1.43. The van der Waals surface area contributed by atoms with E-state index >= 15 is 0 Å². The number of nitrogen functional groups attached to an aromatic ring is 2. The first-order valence-electron chi connectivity index (χ1n) is 28.4. The first-order chi connectivity index (χ1) is 44.2. The Hall–Kier alpha value is -6.24. The van der Waals surface area contributed by atoms with Gasteiger partial charge in [0.25, 0.3) is 6.48 Å². The fraction of sp³-hybridized carbons (Fsp3) is 0.431. The van der Waals surface area contributed by atoms with E-state index in [9.17, 15) is 27.1 Å².